The van der Waals surface area contributed by atoms with Crippen LogP contribution in [0.1, 0.15) is 25.0 Å². The Kier molecular flexibility index (Phi) is 5.54. The van der Waals surface area contributed by atoms with Gasteiger partial charge in [0.05, 0.1) is 16.7 Å². The van der Waals surface area contributed by atoms with Gasteiger partial charge in [-0.2, -0.15) is 0 Å². The molecule has 0 radical (unpaired) electrons. The van der Waals surface area contributed by atoms with Crippen molar-refractivity contribution in [2.24, 2.45) is 5.92 Å². The van der Waals surface area contributed by atoms with E-state index >= 15 is 0 Å². The number of nitrogens with zero attached hydrogens (tertiary/aromatic N) is 2. The summed E-state index contributed by atoms with van der Waals surface area (Å²) in [7, 11) is 0. The van der Waals surface area contributed by atoms with Crippen LogP contribution in [0.15, 0.2) is 36.4 Å². The van der Waals surface area contributed by atoms with Crippen molar-refractivity contribution in [1.82, 2.24) is 0 Å². The maximum Gasteiger partial charge on any atom is 0.273 e. The van der Waals surface area contributed by atoms with Gasteiger partial charge in [-0.25, -0.2) is 0 Å². The van der Waals surface area contributed by atoms with Crippen LogP contribution < -0.4 is 15.0 Å². The normalized spacial score (nSPS) is 15.7. The highest BCUT2D eigenvalue weighted by Gasteiger charge is 2.38. The van der Waals surface area contributed by atoms with E-state index in [0.717, 1.165) is 11.1 Å². The van der Waals surface area contributed by atoms with Crippen LogP contribution in [0, 0.1) is 29.9 Å². The number of para-hydroxylation sites is 1. The van der Waals surface area contributed by atoms with E-state index in [1.165, 1.54) is 23.1 Å². The first kappa shape index (κ1) is 20.3. The van der Waals surface area contributed by atoms with Crippen LogP contribution in [0.5, 0.6) is 5.75 Å². The van der Waals surface area contributed by atoms with Crippen molar-refractivity contribution < 1.29 is 19.2 Å². The van der Waals surface area contributed by atoms with Crippen molar-refractivity contribution in [2.75, 3.05) is 16.8 Å². The van der Waals surface area contributed by atoms with E-state index in [4.69, 9.17) is 4.74 Å². The Labute approximate surface area is 168 Å². The zero-order valence-electron chi connectivity index (χ0n) is 16.8. The highest BCUT2D eigenvalue weighted by molar-refractivity contribution is 6.06. The number of benzene rings is 2. The summed E-state index contributed by atoms with van der Waals surface area (Å²) in [5, 5.41) is 14.0. The molecule has 0 spiro atoms. The number of amides is 2. The maximum absolute atomic E-state index is 13.0. The van der Waals surface area contributed by atoms with Crippen LogP contribution in [-0.4, -0.2) is 29.4 Å². The van der Waals surface area contributed by atoms with Gasteiger partial charge in [-0.3, -0.25) is 24.6 Å². The number of carbonyl (C=O) groups excluding carboxylic acids is 2. The monoisotopic (exact) mass is 397 g/mol. The van der Waals surface area contributed by atoms with Gasteiger partial charge in [-0.05, 0) is 37.0 Å². The first-order valence-electron chi connectivity index (χ1n) is 9.31. The standard InChI is InChI=1S/C21H23N3O5/c1-12(2)20-21(26)23(16-9-8-15(24(27)28)10-17(16)29-20)11-18(25)22-19-13(3)6-5-7-14(19)4/h5-10,12,20H,11H2,1-4H3,(H,22,25). The third-order valence-electron chi connectivity index (χ3n) is 4.86. The van der Waals surface area contributed by atoms with Crippen LogP contribution in [-0.2, 0) is 9.59 Å². The zero-order chi connectivity index (χ0) is 21.3. The van der Waals surface area contributed by atoms with Crippen molar-refractivity contribution in [2.45, 2.75) is 33.8 Å². The summed E-state index contributed by atoms with van der Waals surface area (Å²) < 4.78 is 5.74. The molecule has 1 unspecified atom stereocenters. The van der Waals surface area contributed by atoms with Crippen LogP contribution in [0.3, 0.4) is 0 Å². The summed E-state index contributed by atoms with van der Waals surface area (Å²) in [5.41, 5.74) is 2.75. The molecule has 1 N–H and O–H groups in total. The van der Waals surface area contributed by atoms with Crippen molar-refractivity contribution in [3.63, 3.8) is 0 Å². The molecule has 8 heteroatoms. The van der Waals surface area contributed by atoms with Crippen LogP contribution in [0.4, 0.5) is 17.1 Å². The third-order valence-corrected chi connectivity index (χ3v) is 4.86. The van der Waals surface area contributed by atoms with Gasteiger partial charge in [0.25, 0.3) is 11.6 Å². The van der Waals surface area contributed by atoms with E-state index in [0.29, 0.717) is 11.4 Å². The molecule has 0 saturated heterocycles. The minimum atomic E-state index is -0.822. The second-order valence-corrected chi connectivity index (χ2v) is 7.43. The molecular weight excluding hydrogens is 374 g/mol. The van der Waals surface area contributed by atoms with Crippen LogP contribution in [0.2, 0.25) is 0 Å². The molecule has 1 aliphatic heterocycles. The lowest BCUT2D eigenvalue weighted by Crippen LogP contribution is -2.50. The van der Waals surface area contributed by atoms with Crippen molar-refractivity contribution in [3.05, 3.63) is 57.6 Å². The molecule has 1 heterocycles. The Morgan fingerprint density at radius 3 is 2.48 bits per heavy atom. The first-order chi connectivity index (χ1) is 13.7. The number of nitro benzene ring substituents is 1. The molecule has 152 valence electrons. The smallest absolute Gasteiger partial charge is 0.273 e. The maximum atomic E-state index is 13.0. The minimum absolute atomic E-state index is 0.138. The molecular formula is C21H23N3O5. The number of nitro groups is 1. The number of carbonyl (C=O) groups is 2. The number of anilines is 2. The molecule has 0 aliphatic carbocycles. The fraction of sp³-hybridized carbons (Fsp3) is 0.333. The van der Waals surface area contributed by atoms with Crippen molar-refractivity contribution in [3.8, 4) is 5.75 Å². The number of non-ortho nitro benzene ring substituents is 1. The lowest BCUT2D eigenvalue weighted by atomic mass is 10.0. The predicted octanol–water partition coefficient (Wildman–Crippen LogP) is 3.60. The van der Waals surface area contributed by atoms with Crippen molar-refractivity contribution >= 4 is 28.9 Å². The van der Waals surface area contributed by atoms with Gasteiger partial charge < -0.3 is 10.1 Å². The number of ether oxygens (including phenoxy) is 1. The molecule has 29 heavy (non-hydrogen) atoms. The lowest BCUT2D eigenvalue weighted by Gasteiger charge is -2.35. The Morgan fingerprint density at radius 1 is 1.24 bits per heavy atom. The Bertz CT molecular complexity index is 966. The van der Waals surface area contributed by atoms with Crippen LogP contribution >= 0.6 is 0 Å². The van der Waals surface area contributed by atoms with Gasteiger partial charge in [-0.15, -0.1) is 0 Å². The second kappa shape index (κ2) is 7.90. The number of fused-ring (bicyclic) bond motifs is 1. The molecule has 2 amide bonds. The lowest BCUT2D eigenvalue weighted by molar-refractivity contribution is -0.384. The summed E-state index contributed by atoms with van der Waals surface area (Å²) in [5.74, 6) is -0.654. The second-order valence-electron chi connectivity index (χ2n) is 7.43. The molecule has 2 aromatic carbocycles. The zero-order valence-corrected chi connectivity index (χ0v) is 16.8. The Morgan fingerprint density at radius 2 is 1.90 bits per heavy atom. The highest BCUT2D eigenvalue weighted by atomic mass is 16.6. The molecule has 3 rings (SSSR count). The number of hydrogen-bond donors (Lipinski definition) is 1. The quantitative estimate of drug-likeness (QED) is 0.613. The number of hydrogen-bond acceptors (Lipinski definition) is 5. The van der Waals surface area contributed by atoms with Gasteiger partial charge in [0, 0.05) is 11.8 Å². The molecule has 0 bridgehead atoms. The minimum Gasteiger partial charge on any atom is -0.478 e. The van der Waals surface area contributed by atoms with Crippen molar-refractivity contribution in [1.29, 1.82) is 0 Å². The predicted molar refractivity (Wildman–Crippen MR) is 109 cm³/mol. The fourth-order valence-electron chi connectivity index (χ4n) is 3.31. The average Bonchev–Trinajstić information content (AvgIpc) is 2.66. The van der Waals surface area contributed by atoms with Gasteiger partial charge >= 0.3 is 0 Å². The van der Waals surface area contributed by atoms with Gasteiger partial charge in [0.1, 0.15) is 6.54 Å². The first-order valence-corrected chi connectivity index (χ1v) is 9.31. The van der Waals surface area contributed by atoms with E-state index < -0.39 is 11.0 Å². The van der Waals surface area contributed by atoms with Crippen LogP contribution in [0.25, 0.3) is 0 Å². The fourth-order valence-corrected chi connectivity index (χ4v) is 3.31. The molecule has 2 aromatic rings. The Hall–Kier alpha value is -3.42. The molecule has 0 fully saturated rings. The number of rotatable bonds is 5. The Balaban J connectivity index is 1.91. The molecule has 0 aromatic heterocycles. The van der Waals surface area contributed by atoms with E-state index in [1.807, 2.05) is 45.9 Å². The molecule has 1 atom stereocenters. The molecule has 0 saturated carbocycles. The van der Waals surface area contributed by atoms with E-state index in [1.54, 1.807) is 0 Å². The van der Waals surface area contributed by atoms with Gasteiger partial charge in [0.2, 0.25) is 5.91 Å². The van der Waals surface area contributed by atoms with Gasteiger partial charge in [-0.1, -0.05) is 32.0 Å². The summed E-state index contributed by atoms with van der Waals surface area (Å²) in [6.45, 7) is 7.21. The third kappa shape index (κ3) is 4.06. The molecule has 1 aliphatic rings. The van der Waals surface area contributed by atoms with E-state index in [2.05, 4.69) is 5.32 Å². The summed E-state index contributed by atoms with van der Waals surface area (Å²) in [6, 6.07) is 9.71. The number of nitrogens with one attached hydrogen (secondary N) is 1. The van der Waals surface area contributed by atoms with E-state index in [-0.39, 0.29) is 35.7 Å². The van der Waals surface area contributed by atoms with Gasteiger partial charge in [0.15, 0.2) is 11.9 Å². The largest absolute Gasteiger partial charge is 0.478 e. The summed E-state index contributed by atoms with van der Waals surface area (Å²) in [6.07, 6.45) is -0.822. The summed E-state index contributed by atoms with van der Waals surface area (Å²) >= 11 is 0. The van der Waals surface area contributed by atoms with E-state index in [9.17, 15) is 19.7 Å². The highest BCUT2D eigenvalue weighted by Crippen LogP contribution is 2.38. The average molecular weight is 397 g/mol. The molecule has 8 nitrogen and oxygen atoms in total. The summed E-state index contributed by atoms with van der Waals surface area (Å²) in [4.78, 5) is 37.6. The number of aryl methyl sites for hydroxylation is 2. The topological polar surface area (TPSA) is 102 Å². The SMILES string of the molecule is Cc1cccc(C)c1NC(=O)CN1C(=O)C(C(C)C)Oc2cc([N+](=O)[O-])ccc21.